The van der Waals surface area contributed by atoms with Gasteiger partial charge in [0.2, 0.25) is 0 Å². The van der Waals surface area contributed by atoms with E-state index < -0.39 is 0 Å². The lowest BCUT2D eigenvalue weighted by atomic mass is 9.71. The molecule has 0 saturated heterocycles. The van der Waals surface area contributed by atoms with Crippen LogP contribution in [0.1, 0.15) is 39.0 Å². The van der Waals surface area contributed by atoms with E-state index in [0.717, 1.165) is 12.8 Å². The lowest BCUT2D eigenvalue weighted by Crippen LogP contribution is -2.41. The van der Waals surface area contributed by atoms with Gasteiger partial charge in [0.25, 0.3) is 0 Å². The SMILES string of the molecule is CC(O)C1(CN)CCCCC1. The maximum atomic E-state index is 9.55. The van der Waals surface area contributed by atoms with Crippen LogP contribution < -0.4 is 5.73 Å². The predicted octanol–water partition coefficient (Wildman–Crippen LogP) is 1.28. The minimum absolute atomic E-state index is 0.0538. The molecule has 1 fully saturated rings. The van der Waals surface area contributed by atoms with Crippen LogP contribution in [0.25, 0.3) is 0 Å². The highest BCUT2D eigenvalue weighted by atomic mass is 16.3. The van der Waals surface area contributed by atoms with Crippen LogP contribution in [0.4, 0.5) is 0 Å². The molecule has 11 heavy (non-hydrogen) atoms. The summed E-state index contributed by atoms with van der Waals surface area (Å²) < 4.78 is 0. The summed E-state index contributed by atoms with van der Waals surface area (Å²) in [5, 5.41) is 9.55. The smallest absolute Gasteiger partial charge is 0.0580 e. The van der Waals surface area contributed by atoms with Crippen LogP contribution in [0.5, 0.6) is 0 Å². The van der Waals surface area contributed by atoms with Crippen molar-refractivity contribution in [2.75, 3.05) is 6.54 Å². The summed E-state index contributed by atoms with van der Waals surface area (Å²) in [4.78, 5) is 0. The summed E-state index contributed by atoms with van der Waals surface area (Å²) >= 11 is 0. The zero-order valence-corrected chi connectivity index (χ0v) is 7.34. The third-order valence-corrected chi connectivity index (χ3v) is 3.14. The molecule has 0 spiro atoms. The summed E-state index contributed by atoms with van der Waals surface area (Å²) in [7, 11) is 0. The van der Waals surface area contributed by atoms with Crippen LogP contribution in [-0.2, 0) is 0 Å². The lowest BCUT2D eigenvalue weighted by Gasteiger charge is -2.38. The Bertz CT molecular complexity index is 117. The first-order valence-electron chi connectivity index (χ1n) is 4.59. The number of rotatable bonds is 2. The van der Waals surface area contributed by atoms with Crippen molar-refractivity contribution in [3.63, 3.8) is 0 Å². The maximum absolute atomic E-state index is 9.55. The Labute approximate surface area is 68.8 Å². The van der Waals surface area contributed by atoms with Crippen molar-refractivity contribution in [2.24, 2.45) is 11.1 Å². The first-order chi connectivity index (χ1) is 5.21. The van der Waals surface area contributed by atoms with Crippen LogP contribution in [-0.4, -0.2) is 17.8 Å². The largest absolute Gasteiger partial charge is 0.393 e. The van der Waals surface area contributed by atoms with Crippen LogP contribution in [0.3, 0.4) is 0 Å². The second-order valence-electron chi connectivity index (χ2n) is 3.80. The topological polar surface area (TPSA) is 46.2 Å². The molecule has 1 aliphatic carbocycles. The molecule has 0 aromatic rings. The number of aliphatic hydroxyl groups excluding tert-OH is 1. The molecule has 0 amide bonds. The molecule has 1 atom stereocenters. The van der Waals surface area contributed by atoms with E-state index in [0.29, 0.717) is 6.54 Å². The van der Waals surface area contributed by atoms with Gasteiger partial charge < -0.3 is 10.8 Å². The van der Waals surface area contributed by atoms with Crippen LogP contribution in [0.15, 0.2) is 0 Å². The van der Waals surface area contributed by atoms with E-state index in [1.54, 1.807) is 0 Å². The van der Waals surface area contributed by atoms with Gasteiger partial charge in [0.15, 0.2) is 0 Å². The van der Waals surface area contributed by atoms with Gasteiger partial charge in [-0.15, -0.1) is 0 Å². The Morgan fingerprint density at radius 1 is 1.36 bits per heavy atom. The highest BCUT2D eigenvalue weighted by molar-refractivity contribution is 4.87. The highest BCUT2D eigenvalue weighted by Crippen LogP contribution is 2.38. The van der Waals surface area contributed by atoms with Gasteiger partial charge in [-0.1, -0.05) is 19.3 Å². The van der Waals surface area contributed by atoms with E-state index in [1.165, 1.54) is 19.3 Å². The quantitative estimate of drug-likeness (QED) is 0.634. The van der Waals surface area contributed by atoms with Crippen molar-refractivity contribution in [2.45, 2.75) is 45.1 Å². The van der Waals surface area contributed by atoms with Gasteiger partial charge >= 0.3 is 0 Å². The normalized spacial score (nSPS) is 26.5. The summed E-state index contributed by atoms with van der Waals surface area (Å²) in [6.07, 6.45) is 5.79. The van der Waals surface area contributed by atoms with Crippen LogP contribution in [0, 0.1) is 5.41 Å². The number of aliphatic hydroxyl groups is 1. The Morgan fingerprint density at radius 2 is 1.91 bits per heavy atom. The zero-order valence-electron chi connectivity index (χ0n) is 7.34. The van der Waals surface area contributed by atoms with Crippen molar-refractivity contribution in [1.29, 1.82) is 0 Å². The summed E-state index contributed by atoms with van der Waals surface area (Å²) in [6, 6.07) is 0. The molecule has 0 aromatic carbocycles. The Balaban J connectivity index is 2.57. The van der Waals surface area contributed by atoms with E-state index in [9.17, 15) is 5.11 Å². The highest BCUT2D eigenvalue weighted by Gasteiger charge is 2.34. The van der Waals surface area contributed by atoms with Crippen LogP contribution in [0.2, 0.25) is 0 Å². The average molecular weight is 157 g/mol. The van der Waals surface area contributed by atoms with E-state index in [4.69, 9.17) is 5.73 Å². The molecule has 1 rings (SSSR count). The molecule has 3 N–H and O–H groups in total. The zero-order chi connectivity index (χ0) is 8.32. The molecule has 0 aromatic heterocycles. The fourth-order valence-corrected chi connectivity index (χ4v) is 2.05. The van der Waals surface area contributed by atoms with E-state index in [2.05, 4.69) is 0 Å². The van der Waals surface area contributed by atoms with Gasteiger partial charge in [-0.2, -0.15) is 0 Å². The van der Waals surface area contributed by atoms with Crippen molar-refractivity contribution in [3.05, 3.63) is 0 Å². The molecular weight excluding hydrogens is 138 g/mol. The van der Waals surface area contributed by atoms with Crippen molar-refractivity contribution in [1.82, 2.24) is 0 Å². The number of hydrogen-bond acceptors (Lipinski definition) is 2. The lowest BCUT2D eigenvalue weighted by molar-refractivity contribution is 0.0157. The van der Waals surface area contributed by atoms with Gasteiger partial charge in [-0.3, -0.25) is 0 Å². The fraction of sp³-hybridized carbons (Fsp3) is 1.00. The first-order valence-corrected chi connectivity index (χ1v) is 4.59. The van der Waals surface area contributed by atoms with E-state index in [-0.39, 0.29) is 11.5 Å². The molecule has 0 heterocycles. The molecule has 0 bridgehead atoms. The minimum Gasteiger partial charge on any atom is -0.393 e. The van der Waals surface area contributed by atoms with Gasteiger partial charge in [0, 0.05) is 12.0 Å². The summed E-state index contributed by atoms with van der Waals surface area (Å²) in [6.45, 7) is 2.52. The Hall–Kier alpha value is -0.0800. The Morgan fingerprint density at radius 3 is 2.18 bits per heavy atom. The van der Waals surface area contributed by atoms with Crippen molar-refractivity contribution >= 4 is 0 Å². The van der Waals surface area contributed by atoms with E-state index in [1.807, 2.05) is 6.92 Å². The van der Waals surface area contributed by atoms with Crippen LogP contribution >= 0.6 is 0 Å². The monoisotopic (exact) mass is 157 g/mol. The summed E-state index contributed by atoms with van der Waals surface area (Å²) in [5.41, 5.74) is 5.73. The summed E-state index contributed by atoms with van der Waals surface area (Å²) in [5.74, 6) is 0. The molecule has 66 valence electrons. The molecule has 2 nitrogen and oxygen atoms in total. The molecule has 1 unspecified atom stereocenters. The minimum atomic E-state index is -0.229. The second-order valence-corrected chi connectivity index (χ2v) is 3.80. The fourth-order valence-electron chi connectivity index (χ4n) is 2.05. The molecule has 1 aliphatic rings. The molecule has 2 heteroatoms. The Kier molecular flexibility index (Phi) is 2.90. The maximum Gasteiger partial charge on any atom is 0.0580 e. The molecular formula is C9H19NO. The number of hydrogen-bond donors (Lipinski definition) is 2. The van der Waals surface area contributed by atoms with Gasteiger partial charge in [-0.05, 0) is 19.8 Å². The van der Waals surface area contributed by atoms with Crippen molar-refractivity contribution in [3.8, 4) is 0 Å². The van der Waals surface area contributed by atoms with Gasteiger partial charge in [0.1, 0.15) is 0 Å². The average Bonchev–Trinajstić information content (AvgIpc) is 2.05. The first kappa shape index (κ1) is 9.01. The molecule has 0 radical (unpaired) electrons. The van der Waals surface area contributed by atoms with Gasteiger partial charge in [0.05, 0.1) is 6.10 Å². The van der Waals surface area contributed by atoms with E-state index >= 15 is 0 Å². The second kappa shape index (κ2) is 3.55. The third-order valence-electron chi connectivity index (χ3n) is 3.14. The molecule has 0 aliphatic heterocycles. The molecule has 1 saturated carbocycles. The third kappa shape index (κ3) is 1.74. The van der Waals surface area contributed by atoms with Crippen molar-refractivity contribution < 1.29 is 5.11 Å². The predicted molar refractivity (Wildman–Crippen MR) is 46.3 cm³/mol. The standard InChI is InChI=1S/C9H19NO/c1-8(11)9(7-10)5-3-2-4-6-9/h8,11H,2-7,10H2,1H3. The van der Waals surface area contributed by atoms with Gasteiger partial charge in [-0.25, -0.2) is 0 Å². The number of nitrogens with two attached hydrogens (primary N) is 1.